The largest absolute Gasteiger partial charge is 0.497 e. The molecule has 0 radical (unpaired) electrons. The van der Waals surface area contributed by atoms with E-state index >= 15 is 0 Å². The van der Waals surface area contributed by atoms with E-state index in [0.29, 0.717) is 23.0 Å². The second-order valence-electron chi connectivity index (χ2n) is 4.55. The summed E-state index contributed by atoms with van der Waals surface area (Å²) in [7, 11) is 1.59. The van der Waals surface area contributed by atoms with E-state index in [9.17, 15) is 10.1 Å². The Labute approximate surface area is 125 Å². The van der Waals surface area contributed by atoms with Crippen LogP contribution >= 0.6 is 0 Å². The van der Waals surface area contributed by atoms with Gasteiger partial charge in [0.25, 0.3) is 5.69 Å². The van der Waals surface area contributed by atoms with Gasteiger partial charge in [0.1, 0.15) is 5.75 Å². The summed E-state index contributed by atoms with van der Waals surface area (Å²) in [6, 6.07) is 13.6. The third-order valence-electron chi connectivity index (χ3n) is 3.14. The van der Waals surface area contributed by atoms with Gasteiger partial charge >= 0.3 is 0 Å². The molecule has 1 heterocycles. The molecule has 3 rings (SSSR count). The van der Waals surface area contributed by atoms with E-state index in [1.165, 1.54) is 12.1 Å². The number of benzene rings is 2. The number of hydrogen-bond acceptors (Lipinski definition) is 5. The second kappa shape index (κ2) is 5.65. The molecule has 0 spiro atoms. The summed E-state index contributed by atoms with van der Waals surface area (Å²) < 4.78 is 5.17. The van der Waals surface area contributed by atoms with Gasteiger partial charge in [-0.1, -0.05) is 24.3 Å². The average Bonchev–Trinajstić information content (AvgIpc) is 3.05. The number of ether oxygens (including phenoxy) is 1. The van der Waals surface area contributed by atoms with Gasteiger partial charge in [0.15, 0.2) is 11.6 Å². The quantitative estimate of drug-likeness (QED) is 0.590. The van der Waals surface area contributed by atoms with Gasteiger partial charge in [-0.05, 0) is 12.1 Å². The van der Waals surface area contributed by atoms with Crippen LogP contribution in [0, 0.1) is 10.1 Å². The number of aromatic nitrogens is 3. The Bertz CT molecular complexity index is 829. The minimum atomic E-state index is -0.445. The lowest BCUT2D eigenvalue weighted by Gasteiger charge is -2.00. The Morgan fingerprint density at radius 3 is 2.68 bits per heavy atom. The summed E-state index contributed by atoms with van der Waals surface area (Å²) in [6.07, 6.45) is 0. The highest BCUT2D eigenvalue weighted by Gasteiger charge is 2.12. The van der Waals surface area contributed by atoms with Gasteiger partial charge in [-0.25, -0.2) is 4.98 Å². The third-order valence-corrected chi connectivity index (χ3v) is 3.14. The molecule has 3 aromatic rings. The molecule has 110 valence electrons. The van der Waals surface area contributed by atoms with Crippen LogP contribution in [0.15, 0.2) is 48.5 Å². The first-order valence-corrected chi connectivity index (χ1v) is 6.49. The maximum absolute atomic E-state index is 10.8. The topological polar surface area (TPSA) is 93.9 Å². The van der Waals surface area contributed by atoms with Crippen LogP contribution in [0.4, 0.5) is 5.69 Å². The molecule has 7 heteroatoms. The van der Waals surface area contributed by atoms with E-state index in [1.54, 1.807) is 19.2 Å². The van der Waals surface area contributed by atoms with Crippen molar-refractivity contribution in [2.75, 3.05) is 7.11 Å². The molecular formula is C15H12N4O3. The number of nitro groups is 1. The van der Waals surface area contributed by atoms with Gasteiger partial charge in [-0.2, -0.15) is 5.10 Å². The summed E-state index contributed by atoms with van der Waals surface area (Å²) in [6.45, 7) is 0. The standard InChI is InChI=1S/C15H12N4O3/c1-22-13-7-3-5-11(9-13)15-16-14(17-18-15)10-4-2-6-12(8-10)19(20)21/h2-9H,1H3,(H,16,17,18). The maximum Gasteiger partial charge on any atom is 0.270 e. The van der Waals surface area contributed by atoms with Gasteiger partial charge in [-0.15, -0.1) is 0 Å². The van der Waals surface area contributed by atoms with Gasteiger partial charge in [0.05, 0.1) is 12.0 Å². The Kier molecular flexibility index (Phi) is 3.53. The number of nitro benzene ring substituents is 1. The van der Waals surface area contributed by atoms with Crippen molar-refractivity contribution >= 4 is 5.69 Å². The Morgan fingerprint density at radius 2 is 1.91 bits per heavy atom. The molecule has 0 amide bonds. The number of methoxy groups -OCH3 is 1. The monoisotopic (exact) mass is 296 g/mol. The van der Waals surface area contributed by atoms with Crippen LogP contribution in [0.5, 0.6) is 5.75 Å². The fraction of sp³-hybridized carbons (Fsp3) is 0.0667. The molecule has 0 saturated carbocycles. The van der Waals surface area contributed by atoms with Crippen molar-refractivity contribution in [3.63, 3.8) is 0 Å². The molecule has 0 atom stereocenters. The molecule has 0 aliphatic heterocycles. The molecule has 0 bridgehead atoms. The van der Waals surface area contributed by atoms with Crippen molar-refractivity contribution in [2.24, 2.45) is 0 Å². The summed E-state index contributed by atoms with van der Waals surface area (Å²) >= 11 is 0. The fourth-order valence-corrected chi connectivity index (χ4v) is 2.05. The van der Waals surface area contributed by atoms with Crippen LogP contribution in [0.3, 0.4) is 0 Å². The zero-order valence-corrected chi connectivity index (χ0v) is 11.7. The highest BCUT2D eigenvalue weighted by molar-refractivity contribution is 5.63. The Balaban J connectivity index is 1.96. The molecule has 0 aliphatic rings. The van der Waals surface area contributed by atoms with Crippen LogP contribution in [-0.2, 0) is 0 Å². The predicted octanol–water partition coefficient (Wildman–Crippen LogP) is 3.06. The number of non-ortho nitro benzene ring substituents is 1. The predicted molar refractivity (Wildman–Crippen MR) is 80.5 cm³/mol. The summed E-state index contributed by atoms with van der Waals surface area (Å²) in [5.41, 5.74) is 1.41. The van der Waals surface area contributed by atoms with Crippen molar-refractivity contribution < 1.29 is 9.66 Å². The lowest BCUT2D eigenvalue weighted by Crippen LogP contribution is -1.89. The van der Waals surface area contributed by atoms with Crippen molar-refractivity contribution in [3.8, 4) is 28.5 Å². The van der Waals surface area contributed by atoms with Crippen molar-refractivity contribution in [1.29, 1.82) is 0 Å². The molecule has 0 unspecified atom stereocenters. The van der Waals surface area contributed by atoms with E-state index in [-0.39, 0.29) is 5.69 Å². The zero-order chi connectivity index (χ0) is 15.5. The average molecular weight is 296 g/mol. The number of rotatable bonds is 4. The van der Waals surface area contributed by atoms with E-state index in [2.05, 4.69) is 15.2 Å². The summed E-state index contributed by atoms with van der Waals surface area (Å²) in [5, 5.41) is 17.8. The number of aromatic amines is 1. The number of hydrogen-bond donors (Lipinski definition) is 1. The van der Waals surface area contributed by atoms with Crippen molar-refractivity contribution in [2.45, 2.75) is 0 Å². The first-order valence-electron chi connectivity index (χ1n) is 6.49. The van der Waals surface area contributed by atoms with Crippen molar-refractivity contribution in [1.82, 2.24) is 15.2 Å². The van der Waals surface area contributed by atoms with E-state index in [1.807, 2.05) is 24.3 Å². The summed E-state index contributed by atoms with van der Waals surface area (Å²) in [4.78, 5) is 14.8. The Hall–Kier alpha value is -3.22. The van der Waals surface area contributed by atoms with Crippen molar-refractivity contribution in [3.05, 3.63) is 58.6 Å². The first kappa shape index (κ1) is 13.7. The smallest absolute Gasteiger partial charge is 0.270 e. The van der Waals surface area contributed by atoms with Gasteiger partial charge < -0.3 is 4.74 Å². The summed E-state index contributed by atoms with van der Waals surface area (Å²) in [5.74, 6) is 1.69. The second-order valence-corrected chi connectivity index (χ2v) is 4.55. The maximum atomic E-state index is 10.8. The van der Waals surface area contributed by atoms with Gasteiger partial charge in [0.2, 0.25) is 0 Å². The molecule has 7 nitrogen and oxygen atoms in total. The molecule has 2 aromatic carbocycles. The van der Waals surface area contributed by atoms with E-state index < -0.39 is 4.92 Å². The number of nitrogens with one attached hydrogen (secondary N) is 1. The molecule has 0 aliphatic carbocycles. The van der Waals surface area contributed by atoms with Gasteiger partial charge in [-0.3, -0.25) is 15.2 Å². The van der Waals surface area contributed by atoms with Crippen LogP contribution in [-0.4, -0.2) is 27.2 Å². The lowest BCUT2D eigenvalue weighted by atomic mass is 10.2. The minimum absolute atomic E-state index is 0.00484. The lowest BCUT2D eigenvalue weighted by molar-refractivity contribution is -0.384. The van der Waals surface area contributed by atoms with Crippen LogP contribution in [0.2, 0.25) is 0 Å². The molecule has 22 heavy (non-hydrogen) atoms. The number of nitrogens with zero attached hydrogens (tertiary/aromatic N) is 3. The molecular weight excluding hydrogens is 284 g/mol. The molecule has 0 fully saturated rings. The number of H-pyrrole nitrogens is 1. The Morgan fingerprint density at radius 1 is 1.14 bits per heavy atom. The zero-order valence-electron chi connectivity index (χ0n) is 11.7. The van der Waals surface area contributed by atoms with Gasteiger partial charge in [0, 0.05) is 23.3 Å². The highest BCUT2D eigenvalue weighted by atomic mass is 16.6. The first-order chi connectivity index (χ1) is 10.7. The van der Waals surface area contributed by atoms with E-state index in [0.717, 1.165) is 5.56 Å². The van der Waals surface area contributed by atoms with E-state index in [4.69, 9.17) is 4.74 Å². The minimum Gasteiger partial charge on any atom is -0.497 e. The molecule has 1 aromatic heterocycles. The van der Waals surface area contributed by atoms with Crippen LogP contribution in [0.25, 0.3) is 22.8 Å². The fourth-order valence-electron chi connectivity index (χ4n) is 2.05. The normalized spacial score (nSPS) is 10.4. The highest BCUT2D eigenvalue weighted by Crippen LogP contribution is 2.25. The third kappa shape index (κ3) is 2.64. The molecule has 1 N–H and O–H groups in total. The van der Waals surface area contributed by atoms with Crippen LogP contribution in [0.1, 0.15) is 0 Å². The SMILES string of the molecule is COc1cccc(-c2nc(-c3cccc([N+](=O)[O-])c3)n[nH]2)c1. The molecule has 0 saturated heterocycles. The van der Waals surface area contributed by atoms with Crippen LogP contribution < -0.4 is 4.74 Å².